The minimum absolute atomic E-state index is 0.115. The molecule has 16 N–H and O–H groups in total. The number of carbonyl (C=O) groups excluding carboxylic acids is 1. The molecule has 4 saturated heterocycles. The van der Waals surface area contributed by atoms with E-state index in [1.165, 1.54) is 0 Å². The van der Waals surface area contributed by atoms with Gasteiger partial charge in [0.25, 0.3) is 0 Å². The first-order chi connectivity index (χ1) is 40.2. The summed E-state index contributed by atoms with van der Waals surface area (Å²) in [7, 11) is 0. The van der Waals surface area contributed by atoms with E-state index in [-0.39, 0.29) is 30.3 Å². The number of carboxylic acids is 1. The van der Waals surface area contributed by atoms with Crippen molar-refractivity contribution in [3.63, 3.8) is 0 Å². The SMILES string of the molecule is CC=C(C)C(=O)OC1C(C)OC(OC2C(O)C3(CO)C(O)CC4(C)C(=CCC5C6(C)CCC(OC7OC(C(=O)O)C(OC8OC(CO)C(O)C(O)C8O)C(O)C7OC7OC(CO)C(O)C(O)C7O)C(C)(CO)C6CCC54C)C3CC2(C)C)C(O)C1O. The van der Waals surface area contributed by atoms with Crippen LogP contribution in [0.1, 0.15) is 107 Å². The number of rotatable bonds is 15. The van der Waals surface area contributed by atoms with E-state index >= 15 is 0 Å². The molecule has 0 amide bonds. The lowest BCUT2D eigenvalue weighted by molar-refractivity contribution is -0.392. The van der Waals surface area contributed by atoms with Crippen LogP contribution in [0.5, 0.6) is 0 Å². The van der Waals surface area contributed by atoms with Crippen LogP contribution in [0.4, 0.5) is 0 Å². The molecule has 0 aromatic rings. The second kappa shape index (κ2) is 24.8. The van der Waals surface area contributed by atoms with Gasteiger partial charge in [-0.15, -0.1) is 0 Å². The molecular formula is C59H94O27. The number of carbonyl (C=O) groups is 2. The van der Waals surface area contributed by atoms with E-state index in [9.17, 15) is 91.3 Å². The Kier molecular flexibility index (Phi) is 19.6. The maximum atomic E-state index is 13.2. The summed E-state index contributed by atoms with van der Waals surface area (Å²) in [5, 5.41) is 179. The van der Waals surface area contributed by atoms with Crippen LogP contribution in [-0.4, -0.2) is 267 Å². The Morgan fingerprint density at radius 3 is 1.74 bits per heavy atom. The molecule has 4 saturated carbocycles. The van der Waals surface area contributed by atoms with Gasteiger partial charge in [-0.1, -0.05) is 59.3 Å². The Labute approximate surface area is 499 Å². The molecule has 0 radical (unpaired) electrons. The van der Waals surface area contributed by atoms with Gasteiger partial charge >= 0.3 is 11.9 Å². The molecular weight excluding hydrogens is 1140 g/mol. The van der Waals surface area contributed by atoms with Crippen LogP contribution in [0.25, 0.3) is 0 Å². The number of esters is 1. The fourth-order valence-electron chi connectivity index (χ4n) is 17.4. The minimum Gasteiger partial charge on any atom is -0.479 e. The summed E-state index contributed by atoms with van der Waals surface area (Å²) in [4.78, 5) is 25.8. The number of hydrogen-bond donors (Lipinski definition) is 16. The molecule has 9 rings (SSSR count). The quantitative estimate of drug-likeness (QED) is 0.0335. The average molecular weight is 1240 g/mol. The monoisotopic (exact) mass is 1230 g/mol. The number of carboxylic acid groups (broad SMARTS) is 1. The van der Waals surface area contributed by atoms with Gasteiger partial charge < -0.3 is 124 Å². The highest BCUT2D eigenvalue weighted by molar-refractivity contribution is 5.87. The van der Waals surface area contributed by atoms with Crippen LogP contribution in [0.15, 0.2) is 23.3 Å². The summed E-state index contributed by atoms with van der Waals surface area (Å²) in [6.45, 7) is 14.0. The largest absolute Gasteiger partial charge is 0.479 e. The van der Waals surface area contributed by atoms with Crippen molar-refractivity contribution in [3.05, 3.63) is 23.3 Å². The number of aliphatic carboxylic acids is 1. The van der Waals surface area contributed by atoms with Crippen LogP contribution in [0, 0.1) is 50.2 Å². The minimum atomic E-state index is -2.19. The second-order valence-corrected chi connectivity index (χ2v) is 27.7. The molecule has 9 aliphatic rings. The van der Waals surface area contributed by atoms with Crippen molar-refractivity contribution in [2.45, 2.75) is 254 Å². The molecule has 0 bridgehead atoms. The molecule has 0 aromatic carbocycles. The third-order valence-electron chi connectivity index (χ3n) is 22.9. The molecule has 32 unspecified atom stereocenters. The molecule has 86 heavy (non-hydrogen) atoms. The summed E-state index contributed by atoms with van der Waals surface area (Å²) in [5.41, 5.74) is -4.23. The zero-order valence-electron chi connectivity index (χ0n) is 50.2. The summed E-state index contributed by atoms with van der Waals surface area (Å²) in [6.07, 6.45) is -34.6. The fourth-order valence-corrected chi connectivity index (χ4v) is 17.4. The lowest BCUT2D eigenvalue weighted by Gasteiger charge is -2.72. The van der Waals surface area contributed by atoms with Crippen LogP contribution in [0.3, 0.4) is 0 Å². The summed E-state index contributed by atoms with van der Waals surface area (Å²) >= 11 is 0. The Morgan fingerprint density at radius 1 is 0.628 bits per heavy atom. The lowest BCUT2D eigenvalue weighted by Crippen LogP contribution is -2.72. The summed E-state index contributed by atoms with van der Waals surface area (Å²) < 4.78 is 54.0. The maximum Gasteiger partial charge on any atom is 0.335 e. The number of ether oxygens (including phenoxy) is 9. The van der Waals surface area contributed by atoms with Gasteiger partial charge in [-0.05, 0) is 105 Å². The Bertz CT molecular complexity index is 2480. The first kappa shape index (κ1) is 67.9. The van der Waals surface area contributed by atoms with Gasteiger partial charge in [0.05, 0.1) is 62.4 Å². The topological polar surface area (TPSA) is 441 Å². The van der Waals surface area contributed by atoms with Crippen molar-refractivity contribution in [2.24, 2.45) is 50.2 Å². The third kappa shape index (κ3) is 10.8. The van der Waals surface area contributed by atoms with Crippen molar-refractivity contribution in [2.75, 3.05) is 26.4 Å². The number of hydrogen-bond acceptors (Lipinski definition) is 26. The lowest BCUT2D eigenvalue weighted by atomic mass is 9.33. The second-order valence-electron chi connectivity index (χ2n) is 27.7. The molecule has 27 heteroatoms. The molecule has 8 fully saturated rings. The highest BCUT2D eigenvalue weighted by Gasteiger charge is 2.73. The molecule has 0 aromatic heterocycles. The van der Waals surface area contributed by atoms with E-state index in [2.05, 4.69) is 26.8 Å². The van der Waals surface area contributed by atoms with E-state index in [4.69, 9.17) is 42.6 Å². The van der Waals surface area contributed by atoms with Gasteiger partial charge in [0.2, 0.25) is 0 Å². The smallest absolute Gasteiger partial charge is 0.335 e. The van der Waals surface area contributed by atoms with E-state index in [1.54, 1.807) is 26.8 Å². The highest BCUT2D eigenvalue weighted by Crippen LogP contribution is 2.76. The Balaban J connectivity index is 0.982. The van der Waals surface area contributed by atoms with Gasteiger partial charge in [0.1, 0.15) is 79.4 Å². The normalized spacial score (nSPS) is 53.0. The van der Waals surface area contributed by atoms with Gasteiger partial charge in [0.15, 0.2) is 37.4 Å². The van der Waals surface area contributed by atoms with Crippen molar-refractivity contribution in [3.8, 4) is 0 Å². The maximum absolute atomic E-state index is 13.2. The number of allylic oxidation sites excluding steroid dienone is 3. The molecule has 492 valence electrons. The van der Waals surface area contributed by atoms with Crippen molar-refractivity contribution >= 4 is 11.9 Å². The number of fused-ring (bicyclic) bond motifs is 7. The predicted molar refractivity (Wildman–Crippen MR) is 291 cm³/mol. The van der Waals surface area contributed by atoms with Gasteiger partial charge in [-0.2, -0.15) is 0 Å². The standard InChI is InChI=1S/C59H94O27/c1-10-23(2)49(77)82-42-24(3)78-50(40(72)37(42)69)86-47-46(74)59(22-63)26(17-54(47,4)5)25-11-12-30-55(6)15-14-32(56(7,21-62)29(55)13-16-57(30,8)58(25,9)18-31(59)64)81-53-44(84-52-39(71)36(68)34(66)28(20-61)80-52)41(73)43(45(85-53)48(75)76)83-51-38(70)35(67)33(65)27(19-60)79-51/h10-11,24,26-47,50-53,60-74H,12-22H2,1-9H3,(H,75,76). The molecule has 32 atom stereocenters. The zero-order valence-corrected chi connectivity index (χ0v) is 50.2. The predicted octanol–water partition coefficient (Wildman–Crippen LogP) is -3.04. The highest BCUT2D eigenvalue weighted by atomic mass is 16.8. The Morgan fingerprint density at radius 2 is 1.20 bits per heavy atom. The van der Waals surface area contributed by atoms with Crippen molar-refractivity contribution in [1.29, 1.82) is 0 Å². The van der Waals surface area contributed by atoms with Crippen molar-refractivity contribution in [1.82, 2.24) is 0 Å². The van der Waals surface area contributed by atoms with Crippen LogP contribution >= 0.6 is 0 Å². The molecule has 5 aliphatic carbocycles. The van der Waals surface area contributed by atoms with Gasteiger partial charge in [-0.25, -0.2) is 9.59 Å². The van der Waals surface area contributed by atoms with Crippen LogP contribution in [0.2, 0.25) is 0 Å². The molecule has 27 nitrogen and oxygen atoms in total. The third-order valence-corrected chi connectivity index (χ3v) is 22.9. The van der Waals surface area contributed by atoms with E-state index in [1.807, 2.05) is 20.8 Å². The molecule has 4 heterocycles. The molecule has 4 aliphatic heterocycles. The first-order valence-electron chi connectivity index (χ1n) is 30.2. The van der Waals surface area contributed by atoms with Gasteiger partial charge in [-0.3, -0.25) is 0 Å². The van der Waals surface area contributed by atoms with Crippen LogP contribution < -0.4 is 0 Å². The average Bonchev–Trinajstić information content (AvgIpc) is 0.673. The first-order valence-corrected chi connectivity index (χ1v) is 30.2. The van der Waals surface area contributed by atoms with E-state index in [0.29, 0.717) is 32.1 Å². The summed E-state index contributed by atoms with van der Waals surface area (Å²) in [6, 6.07) is 0. The molecule has 0 spiro atoms. The van der Waals surface area contributed by atoms with Gasteiger partial charge in [0, 0.05) is 11.0 Å². The van der Waals surface area contributed by atoms with E-state index < -0.39 is 224 Å². The number of aliphatic hydroxyl groups excluding tert-OH is 15. The van der Waals surface area contributed by atoms with E-state index in [0.717, 1.165) is 5.57 Å². The zero-order chi connectivity index (χ0) is 63.5. The number of aliphatic hydroxyl groups is 15. The fraction of sp³-hybridized carbons (Fsp3) is 0.898. The van der Waals surface area contributed by atoms with Crippen molar-refractivity contribution < 1.29 is 134 Å². The van der Waals surface area contributed by atoms with Crippen LogP contribution in [-0.2, 0) is 52.2 Å². The summed E-state index contributed by atoms with van der Waals surface area (Å²) in [5.74, 6) is -3.46. The Hall–Kier alpha value is -2.50.